The van der Waals surface area contributed by atoms with Crippen molar-refractivity contribution in [2.75, 3.05) is 0 Å². The third-order valence-electron chi connectivity index (χ3n) is 5.51. The Kier molecular flexibility index (Phi) is 3.96. The normalized spacial score (nSPS) is 13.9. The van der Waals surface area contributed by atoms with Crippen molar-refractivity contribution in [2.24, 2.45) is 0 Å². The van der Waals surface area contributed by atoms with Crippen LogP contribution in [0.3, 0.4) is 0 Å². The molecule has 4 aromatic rings. The Hall–Kier alpha value is -2.35. The lowest BCUT2D eigenvalue weighted by Crippen LogP contribution is -2.28. The van der Waals surface area contributed by atoms with Crippen LogP contribution < -0.4 is 0 Å². The van der Waals surface area contributed by atoms with Crippen molar-refractivity contribution < 1.29 is 0 Å². The van der Waals surface area contributed by atoms with Gasteiger partial charge in [0, 0.05) is 9.50 Å². The van der Waals surface area contributed by atoms with E-state index in [0.717, 1.165) is 9.50 Å². The lowest BCUT2D eigenvalue weighted by molar-refractivity contribution is 0.768. The second-order valence-corrected chi connectivity index (χ2v) is 8.21. The summed E-state index contributed by atoms with van der Waals surface area (Å²) in [7, 11) is 0. The van der Waals surface area contributed by atoms with E-state index in [9.17, 15) is 0 Å². The summed E-state index contributed by atoms with van der Waals surface area (Å²) in [6, 6.07) is 34.4. The van der Waals surface area contributed by atoms with Crippen molar-refractivity contribution in [3.8, 4) is 11.1 Å². The minimum absolute atomic E-state index is 0.349. The summed E-state index contributed by atoms with van der Waals surface area (Å²) in [4.78, 5) is 0. The number of halogens is 2. The maximum absolute atomic E-state index is 6.22. The number of hydrogen-bond donors (Lipinski definition) is 0. The molecular weight excluding hydrogens is 416 g/mol. The van der Waals surface area contributed by atoms with Crippen LogP contribution in [0, 0.1) is 0 Å². The highest BCUT2D eigenvalue weighted by molar-refractivity contribution is 9.10. The van der Waals surface area contributed by atoms with Crippen LogP contribution in [0.4, 0.5) is 0 Å². The smallest absolute Gasteiger partial charge is 0.0713 e. The summed E-state index contributed by atoms with van der Waals surface area (Å²) in [6.07, 6.45) is 0. The molecule has 0 bridgehead atoms. The largest absolute Gasteiger partial charge is 0.0843 e. The highest BCUT2D eigenvalue weighted by Crippen LogP contribution is 2.55. The summed E-state index contributed by atoms with van der Waals surface area (Å²) in [5.74, 6) is 0. The van der Waals surface area contributed by atoms with Crippen LogP contribution in [0.2, 0.25) is 5.02 Å². The Morgan fingerprint density at radius 1 is 0.556 bits per heavy atom. The van der Waals surface area contributed by atoms with Crippen LogP contribution in [0.15, 0.2) is 102 Å². The Labute approximate surface area is 172 Å². The van der Waals surface area contributed by atoms with Gasteiger partial charge < -0.3 is 0 Å². The monoisotopic (exact) mass is 430 g/mol. The topological polar surface area (TPSA) is 0 Å². The van der Waals surface area contributed by atoms with Crippen LogP contribution in [0.5, 0.6) is 0 Å². The Bertz CT molecular complexity index is 1030. The number of hydrogen-bond acceptors (Lipinski definition) is 0. The van der Waals surface area contributed by atoms with Crippen molar-refractivity contribution in [1.82, 2.24) is 0 Å². The molecule has 4 aromatic carbocycles. The Balaban J connectivity index is 1.94. The van der Waals surface area contributed by atoms with E-state index in [1.165, 1.54) is 33.4 Å². The molecule has 0 saturated heterocycles. The Morgan fingerprint density at radius 3 is 1.52 bits per heavy atom. The van der Waals surface area contributed by atoms with Crippen molar-refractivity contribution in [1.29, 1.82) is 0 Å². The molecule has 0 atom stereocenters. The molecule has 0 unspecified atom stereocenters. The summed E-state index contributed by atoms with van der Waals surface area (Å²) in [6.45, 7) is 0. The van der Waals surface area contributed by atoms with Gasteiger partial charge >= 0.3 is 0 Å². The van der Waals surface area contributed by atoms with Crippen molar-refractivity contribution in [3.05, 3.63) is 129 Å². The SMILES string of the molecule is Clc1ccc(C2(c3ccc(Br)cc3)c3ccccc3-c3ccccc32)cc1. The van der Waals surface area contributed by atoms with E-state index in [4.69, 9.17) is 11.6 Å². The molecule has 0 saturated carbocycles. The molecular formula is C25H16BrCl. The highest BCUT2D eigenvalue weighted by atomic mass is 79.9. The summed E-state index contributed by atoms with van der Waals surface area (Å²) in [5, 5.41) is 0.754. The third-order valence-corrected chi connectivity index (χ3v) is 6.29. The molecule has 0 nitrogen and oxygen atoms in total. The average molecular weight is 432 g/mol. The predicted octanol–water partition coefficient (Wildman–Crippen LogP) is 7.47. The fraction of sp³-hybridized carbons (Fsp3) is 0.0400. The summed E-state index contributed by atoms with van der Waals surface area (Å²) >= 11 is 9.81. The zero-order valence-electron chi connectivity index (χ0n) is 14.5. The van der Waals surface area contributed by atoms with Gasteiger partial charge in [-0.25, -0.2) is 0 Å². The maximum atomic E-state index is 6.22. The number of rotatable bonds is 2. The average Bonchev–Trinajstić information content (AvgIpc) is 3.01. The fourth-order valence-corrected chi connectivity index (χ4v) is 4.81. The minimum Gasteiger partial charge on any atom is -0.0843 e. The fourth-order valence-electron chi connectivity index (χ4n) is 4.42. The lowest BCUT2D eigenvalue weighted by Gasteiger charge is -2.34. The van der Waals surface area contributed by atoms with Gasteiger partial charge in [0.2, 0.25) is 0 Å². The third kappa shape index (κ3) is 2.42. The van der Waals surface area contributed by atoms with Gasteiger partial charge in [-0.05, 0) is 57.6 Å². The molecule has 0 fully saturated rings. The van der Waals surface area contributed by atoms with E-state index >= 15 is 0 Å². The van der Waals surface area contributed by atoms with E-state index in [0.29, 0.717) is 0 Å². The van der Waals surface area contributed by atoms with E-state index in [1.807, 2.05) is 12.1 Å². The molecule has 1 aliphatic rings. The molecule has 0 amide bonds. The first-order chi connectivity index (χ1) is 13.2. The Morgan fingerprint density at radius 2 is 1.00 bits per heavy atom. The van der Waals surface area contributed by atoms with Crippen molar-refractivity contribution >= 4 is 27.5 Å². The molecule has 1 aliphatic carbocycles. The maximum Gasteiger partial charge on any atom is 0.0713 e. The van der Waals surface area contributed by atoms with Gasteiger partial charge in [0.15, 0.2) is 0 Å². The van der Waals surface area contributed by atoms with Gasteiger partial charge in [-0.15, -0.1) is 0 Å². The quantitative estimate of drug-likeness (QED) is 0.272. The van der Waals surface area contributed by atoms with Crippen LogP contribution in [0.25, 0.3) is 11.1 Å². The second kappa shape index (κ2) is 6.37. The first kappa shape index (κ1) is 16.8. The first-order valence-corrected chi connectivity index (χ1v) is 10.1. The van der Waals surface area contributed by atoms with Gasteiger partial charge in [0.05, 0.1) is 5.41 Å². The van der Waals surface area contributed by atoms with Crippen LogP contribution in [-0.4, -0.2) is 0 Å². The molecule has 27 heavy (non-hydrogen) atoms. The van der Waals surface area contributed by atoms with E-state index < -0.39 is 0 Å². The molecule has 0 spiro atoms. The lowest BCUT2D eigenvalue weighted by atomic mass is 9.68. The molecule has 0 aliphatic heterocycles. The molecule has 130 valence electrons. The number of fused-ring (bicyclic) bond motifs is 3. The van der Waals surface area contributed by atoms with E-state index in [1.54, 1.807) is 0 Å². The first-order valence-electron chi connectivity index (χ1n) is 8.93. The summed E-state index contributed by atoms with van der Waals surface area (Å²) < 4.78 is 1.08. The standard InChI is InChI=1S/C25H16BrCl/c26-19-13-9-17(10-14-19)25(18-11-15-20(27)16-12-18)23-7-3-1-5-21(23)22-6-2-4-8-24(22)25/h1-16H. The summed E-state index contributed by atoms with van der Waals surface area (Å²) in [5.41, 5.74) is 7.36. The van der Waals surface area contributed by atoms with E-state index in [2.05, 4.69) is 101 Å². The molecule has 0 radical (unpaired) electrons. The van der Waals surface area contributed by atoms with Crippen molar-refractivity contribution in [3.63, 3.8) is 0 Å². The molecule has 0 heterocycles. The van der Waals surface area contributed by atoms with Gasteiger partial charge in [-0.3, -0.25) is 0 Å². The zero-order valence-corrected chi connectivity index (χ0v) is 16.8. The highest BCUT2D eigenvalue weighted by Gasteiger charge is 2.45. The van der Waals surface area contributed by atoms with Crippen LogP contribution in [-0.2, 0) is 5.41 Å². The molecule has 0 aromatic heterocycles. The van der Waals surface area contributed by atoms with Gasteiger partial charge in [-0.1, -0.05) is 100 Å². The van der Waals surface area contributed by atoms with E-state index in [-0.39, 0.29) is 5.41 Å². The van der Waals surface area contributed by atoms with Gasteiger partial charge in [0.25, 0.3) is 0 Å². The predicted molar refractivity (Wildman–Crippen MR) is 116 cm³/mol. The van der Waals surface area contributed by atoms with Gasteiger partial charge in [0.1, 0.15) is 0 Å². The van der Waals surface area contributed by atoms with Gasteiger partial charge in [-0.2, -0.15) is 0 Å². The number of benzene rings is 4. The van der Waals surface area contributed by atoms with Crippen LogP contribution >= 0.6 is 27.5 Å². The van der Waals surface area contributed by atoms with Crippen molar-refractivity contribution in [2.45, 2.75) is 5.41 Å². The zero-order chi connectivity index (χ0) is 18.4. The second-order valence-electron chi connectivity index (χ2n) is 6.85. The molecule has 2 heteroatoms. The molecule has 5 rings (SSSR count). The van der Waals surface area contributed by atoms with Crippen LogP contribution in [0.1, 0.15) is 22.3 Å². The minimum atomic E-state index is -0.349. The molecule has 0 N–H and O–H groups in total.